The van der Waals surface area contributed by atoms with Gasteiger partial charge in [0.05, 0.1) is 7.11 Å². The molecular weight excluding hydrogens is 236 g/mol. The maximum atomic E-state index is 10.9. The molecule has 0 aliphatic heterocycles. The Hall–Kier alpha value is -0.790. The second kappa shape index (κ2) is 15.3. The Morgan fingerprint density at radius 2 is 1.37 bits per heavy atom. The van der Waals surface area contributed by atoms with Crippen LogP contribution in [0.1, 0.15) is 84.0 Å². The molecule has 0 spiro atoms. The monoisotopic (exact) mass is 268 g/mol. The highest BCUT2D eigenvalue weighted by molar-refractivity contribution is 5.68. The highest BCUT2D eigenvalue weighted by atomic mass is 16.5. The van der Waals surface area contributed by atoms with Crippen molar-refractivity contribution in [2.45, 2.75) is 84.0 Å². The molecule has 2 nitrogen and oxygen atoms in total. The molecule has 0 aliphatic carbocycles. The van der Waals surface area contributed by atoms with Crippen LogP contribution in [0.5, 0.6) is 0 Å². The lowest BCUT2D eigenvalue weighted by molar-refractivity contribution is -0.140. The Labute approximate surface area is 119 Å². The number of allylic oxidation sites excluding steroid dienone is 2. The van der Waals surface area contributed by atoms with Gasteiger partial charge < -0.3 is 4.74 Å². The van der Waals surface area contributed by atoms with E-state index in [0.717, 1.165) is 12.8 Å². The fourth-order valence-electron chi connectivity index (χ4n) is 2.10. The highest BCUT2D eigenvalue weighted by Crippen LogP contribution is 2.11. The molecule has 2 heteroatoms. The van der Waals surface area contributed by atoms with E-state index in [2.05, 4.69) is 23.8 Å². The quantitative estimate of drug-likeness (QED) is 0.253. The predicted molar refractivity (Wildman–Crippen MR) is 82.2 cm³/mol. The molecule has 0 saturated carbocycles. The Bertz CT molecular complexity index is 221. The van der Waals surface area contributed by atoms with E-state index in [1.165, 1.54) is 64.9 Å². The maximum absolute atomic E-state index is 10.9. The van der Waals surface area contributed by atoms with E-state index in [4.69, 9.17) is 0 Å². The molecule has 0 atom stereocenters. The average molecular weight is 268 g/mol. The van der Waals surface area contributed by atoms with Gasteiger partial charge in [-0.1, -0.05) is 64.0 Å². The van der Waals surface area contributed by atoms with Gasteiger partial charge in [-0.3, -0.25) is 4.79 Å². The van der Waals surface area contributed by atoms with Crippen molar-refractivity contribution in [3.63, 3.8) is 0 Å². The Morgan fingerprint density at radius 1 is 0.842 bits per heavy atom. The molecule has 0 aromatic rings. The van der Waals surface area contributed by atoms with E-state index in [0.29, 0.717) is 6.42 Å². The Balaban J connectivity index is 3.05. The molecule has 19 heavy (non-hydrogen) atoms. The predicted octanol–water partition coefficient (Wildman–Crippen LogP) is 5.42. The van der Waals surface area contributed by atoms with Crippen LogP contribution in [0.3, 0.4) is 0 Å². The van der Waals surface area contributed by atoms with Crippen LogP contribution < -0.4 is 0 Å². The third kappa shape index (κ3) is 15.2. The largest absolute Gasteiger partial charge is 0.469 e. The summed E-state index contributed by atoms with van der Waals surface area (Å²) in [6, 6.07) is 0. The van der Waals surface area contributed by atoms with Crippen LogP contribution in [0.15, 0.2) is 12.2 Å². The molecular formula is C17H32O2. The first kappa shape index (κ1) is 18.2. The van der Waals surface area contributed by atoms with Crippen LogP contribution >= 0.6 is 0 Å². The summed E-state index contributed by atoms with van der Waals surface area (Å²) in [6.07, 6.45) is 19.1. The maximum Gasteiger partial charge on any atom is 0.305 e. The van der Waals surface area contributed by atoms with Gasteiger partial charge in [-0.2, -0.15) is 0 Å². The summed E-state index contributed by atoms with van der Waals surface area (Å²) in [7, 11) is 1.46. The van der Waals surface area contributed by atoms with Crippen LogP contribution in [0.2, 0.25) is 0 Å². The fraction of sp³-hybridized carbons (Fsp3) is 0.824. The van der Waals surface area contributed by atoms with E-state index in [9.17, 15) is 4.79 Å². The molecule has 0 amide bonds. The van der Waals surface area contributed by atoms with Crippen molar-refractivity contribution in [1.29, 1.82) is 0 Å². The van der Waals surface area contributed by atoms with Gasteiger partial charge in [0.2, 0.25) is 0 Å². The number of hydrogen-bond acceptors (Lipinski definition) is 2. The molecule has 112 valence electrons. The fourth-order valence-corrected chi connectivity index (χ4v) is 2.10. The number of unbranched alkanes of at least 4 members (excludes halogenated alkanes) is 9. The van der Waals surface area contributed by atoms with Gasteiger partial charge in [-0.25, -0.2) is 0 Å². The topological polar surface area (TPSA) is 26.3 Å². The average Bonchev–Trinajstić information content (AvgIpc) is 2.43. The zero-order valence-electron chi connectivity index (χ0n) is 13.0. The third-order valence-corrected chi connectivity index (χ3v) is 3.35. The van der Waals surface area contributed by atoms with Crippen molar-refractivity contribution in [2.24, 2.45) is 0 Å². The highest BCUT2D eigenvalue weighted by Gasteiger charge is 1.98. The first-order chi connectivity index (χ1) is 9.31. The van der Waals surface area contributed by atoms with Crippen LogP contribution in [0.4, 0.5) is 0 Å². The lowest BCUT2D eigenvalue weighted by Crippen LogP contribution is -1.99. The van der Waals surface area contributed by atoms with Crippen molar-refractivity contribution >= 4 is 5.97 Å². The van der Waals surface area contributed by atoms with Gasteiger partial charge in [-0.15, -0.1) is 0 Å². The van der Waals surface area contributed by atoms with Gasteiger partial charge in [0.1, 0.15) is 0 Å². The van der Waals surface area contributed by atoms with Crippen molar-refractivity contribution in [2.75, 3.05) is 7.11 Å². The minimum Gasteiger partial charge on any atom is -0.469 e. The summed E-state index contributed by atoms with van der Waals surface area (Å²) in [5.74, 6) is -0.0730. The molecule has 0 radical (unpaired) electrons. The van der Waals surface area contributed by atoms with E-state index >= 15 is 0 Å². The summed E-state index contributed by atoms with van der Waals surface area (Å²) in [5, 5.41) is 0. The summed E-state index contributed by atoms with van der Waals surface area (Å²) < 4.78 is 4.61. The van der Waals surface area contributed by atoms with Gasteiger partial charge in [-0.05, 0) is 25.7 Å². The Morgan fingerprint density at radius 3 is 1.95 bits per heavy atom. The molecule has 0 aromatic heterocycles. The number of methoxy groups -OCH3 is 1. The molecule has 0 unspecified atom stereocenters. The number of ether oxygens (including phenoxy) is 1. The molecule has 0 heterocycles. The van der Waals surface area contributed by atoms with Crippen molar-refractivity contribution in [3.8, 4) is 0 Å². The molecule has 0 fully saturated rings. The molecule has 0 aliphatic rings. The molecule has 0 saturated heterocycles. The van der Waals surface area contributed by atoms with E-state index in [1.807, 2.05) is 0 Å². The van der Waals surface area contributed by atoms with Gasteiger partial charge >= 0.3 is 5.97 Å². The lowest BCUT2D eigenvalue weighted by atomic mass is 10.1. The minimum atomic E-state index is -0.0730. The second-order valence-electron chi connectivity index (χ2n) is 5.20. The van der Waals surface area contributed by atoms with Crippen LogP contribution in [0, 0.1) is 0 Å². The molecule has 0 bridgehead atoms. The van der Waals surface area contributed by atoms with Crippen molar-refractivity contribution in [3.05, 3.63) is 12.2 Å². The van der Waals surface area contributed by atoms with Crippen molar-refractivity contribution < 1.29 is 9.53 Å². The summed E-state index contributed by atoms with van der Waals surface area (Å²) in [4.78, 5) is 10.9. The number of rotatable bonds is 13. The zero-order valence-corrected chi connectivity index (χ0v) is 13.0. The van der Waals surface area contributed by atoms with Gasteiger partial charge in [0.25, 0.3) is 0 Å². The van der Waals surface area contributed by atoms with Gasteiger partial charge in [0.15, 0.2) is 0 Å². The standard InChI is InChI=1S/C17H32O2/c1-3-4-5-6-7-8-9-10-11-12-13-14-15-16-17(18)19-2/h5-6H,3-4,7-16H2,1-2H3/b6-5+. The first-order valence-corrected chi connectivity index (χ1v) is 8.03. The van der Waals surface area contributed by atoms with Crippen molar-refractivity contribution in [1.82, 2.24) is 0 Å². The van der Waals surface area contributed by atoms with E-state index in [-0.39, 0.29) is 5.97 Å². The van der Waals surface area contributed by atoms with Crippen LogP contribution in [0.25, 0.3) is 0 Å². The normalized spacial score (nSPS) is 11.1. The van der Waals surface area contributed by atoms with E-state index in [1.54, 1.807) is 0 Å². The zero-order chi connectivity index (χ0) is 14.2. The summed E-state index contributed by atoms with van der Waals surface area (Å²) in [6.45, 7) is 2.22. The number of hydrogen-bond donors (Lipinski definition) is 0. The van der Waals surface area contributed by atoms with E-state index < -0.39 is 0 Å². The molecule has 0 aromatic carbocycles. The lowest BCUT2D eigenvalue weighted by Gasteiger charge is -2.01. The SMILES string of the molecule is CCC/C=C/CCCCCCCCCCC(=O)OC. The number of carbonyl (C=O) groups is 1. The minimum absolute atomic E-state index is 0.0730. The van der Waals surface area contributed by atoms with Crippen LogP contribution in [-0.2, 0) is 9.53 Å². The molecule has 0 N–H and O–H groups in total. The molecule has 0 rings (SSSR count). The summed E-state index contributed by atoms with van der Waals surface area (Å²) >= 11 is 0. The number of carbonyl (C=O) groups excluding carboxylic acids is 1. The first-order valence-electron chi connectivity index (χ1n) is 8.03. The van der Waals surface area contributed by atoms with Gasteiger partial charge in [0, 0.05) is 6.42 Å². The van der Waals surface area contributed by atoms with Crippen LogP contribution in [-0.4, -0.2) is 13.1 Å². The second-order valence-corrected chi connectivity index (χ2v) is 5.20. The smallest absolute Gasteiger partial charge is 0.305 e. The third-order valence-electron chi connectivity index (χ3n) is 3.35. The Kier molecular flexibility index (Phi) is 14.6. The number of esters is 1. The summed E-state index contributed by atoms with van der Waals surface area (Å²) in [5.41, 5.74) is 0.